The standard InChI is InChI=1S/C10H18N2O2/c1-5-6-8(7-11-2)9(10(13)14)12(3)4/h6-7,9H,5H2,1-4H3,(H,13,14)/b8-6+,11-7-. The Balaban J connectivity index is 4.92. The number of rotatable bonds is 5. The molecule has 0 fully saturated rings. The summed E-state index contributed by atoms with van der Waals surface area (Å²) in [5.41, 5.74) is 0.729. The van der Waals surface area contributed by atoms with E-state index in [1.54, 1.807) is 32.3 Å². The van der Waals surface area contributed by atoms with Gasteiger partial charge in [0.1, 0.15) is 6.04 Å². The lowest BCUT2D eigenvalue weighted by Gasteiger charge is -2.20. The average molecular weight is 198 g/mol. The van der Waals surface area contributed by atoms with E-state index < -0.39 is 12.0 Å². The Morgan fingerprint density at radius 3 is 2.43 bits per heavy atom. The lowest BCUT2D eigenvalue weighted by atomic mass is 10.1. The van der Waals surface area contributed by atoms with Crippen LogP contribution >= 0.6 is 0 Å². The molecule has 0 bridgehead atoms. The first kappa shape index (κ1) is 12.8. The minimum atomic E-state index is -0.852. The molecule has 0 aliphatic rings. The Morgan fingerprint density at radius 1 is 1.57 bits per heavy atom. The molecule has 0 spiro atoms. The molecule has 0 amide bonds. The van der Waals surface area contributed by atoms with Crippen LogP contribution in [-0.4, -0.2) is 49.4 Å². The van der Waals surface area contributed by atoms with Crippen molar-refractivity contribution >= 4 is 12.2 Å². The highest BCUT2D eigenvalue weighted by atomic mass is 16.4. The molecule has 1 atom stereocenters. The number of hydrogen-bond donors (Lipinski definition) is 1. The number of carboxylic acids is 1. The third kappa shape index (κ3) is 3.70. The van der Waals surface area contributed by atoms with Gasteiger partial charge in [0.2, 0.25) is 0 Å². The topological polar surface area (TPSA) is 52.9 Å². The molecule has 0 aromatic carbocycles. The van der Waals surface area contributed by atoms with E-state index in [1.807, 2.05) is 13.0 Å². The maximum absolute atomic E-state index is 11.0. The van der Waals surface area contributed by atoms with Crippen molar-refractivity contribution in [3.63, 3.8) is 0 Å². The van der Waals surface area contributed by atoms with E-state index in [1.165, 1.54) is 0 Å². The molecule has 0 rings (SSSR count). The van der Waals surface area contributed by atoms with Crippen LogP contribution in [0.15, 0.2) is 16.6 Å². The zero-order chi connectivity index (χ0) is 11.1. The van der Waals surface area contributed by atoms with E-state index in [4.69, 9.17) is 5.11 Å². The van der Waals surface area contributed by atoms with Crippen LogP contribution in [0.3, 0.4) is 0 Å². The molecule has 0 saturated heterocycles. The largest absolute Gasteiger partial charge is 0.480 e. The molecule has 4 nitrogen and oxygen atoms in total. The van der Waals surface area contributed by atoms with Gasteiger partial charge in [-0.25, -0.2) is 0 Å². The first-order valence-corrected chi connectivity index (χ1v) is 4.56. The van der Waals surface area contributed by atoms with Gasteiger partial charge in [-0.05, 0) is 26.1 Å². The molecule has 0 saturated carbocycles. The zero-order valence-electron chi connectivity index (χ0n) is 9.19. The number of hydrogen-bond acceptors (Lipinski definition) is 3. The van der Waals surface area contributed by atoms with Crippen LogP contribution in [-0.2, 0) is 4.79 Å². The first-order valence-electron chi connectivity index (χ1n) is 4.56. The molecule has 0 radical (unpaired) electrons. The van der Waals surface area contributed by atoms with Crippen molar-refractivity contribution in [2.45, 2.75) is 19.4 Å². The number of carbonyl (C=O) groups is 1. The van der Waals surface area contributed by atoms with E-state index in [0.29, 0.717) is 0 Å². The normalized spacial score (nSPS) is 15.1. The van der Waals surface area contributed by atoms with Gasteiger partial charge in [-0.15, -0.1) is 0 Å². The third-order valence-electron chi connectivity index (χ3n) is 1.78. The fourth-order valence-corrected chi connectivity index (χ4v) is 1.28. The van der Waals surface area contributed by atoms with Gasteiger partial charge in [-0.3, -0.25) is 14.7 Å². The van der Waals surface area contributed by atoms with E-state index >= 15 is 0 Å². The zero-order valence-corrected chi connectivity index (χ0v) is 9.19. The molecule has 0 aromatic heterocycles. The monoisotopic (exact) mass is 198 g/mol. The molecule has 4 heteroatoms. The number of allylic oxidation sites excluding steroid dienone is 1. The first-order chi connectivity index (χ1) is 6.54. The molecule has 14 heavy (non-hydrogen) atoms. The van der Waals surface area contributed by atoms with Crippen LogP contribution < -0.4 is 0 Å². The van der Waals surface area contributed by atoms with Crippen LogP contribution in [0.5, 0.6) is 0 Å². The fraction of sp³-hybridized carbons (Fsp3) is 0.600. The highest BCUT2D eigenvalue weighted by Crippen LogP contribution is 2.07. The Hall–Kier alpha value is -1.16. The Kier molecular flexibility index (Phi) is 5.79. The SMILES string of the molecule is CC/C=C(\C=N/C)C(C(=O)O)N(C)C. The summed E-state index contributed by atoms with van der Waals surface area (Å²) >= 11 is 0. The van der Waals surface area contributed by atoms with Gasteiger partial charge in [-0.2, -0.15) is 0 Å². The quantitative estimate of drug-likeness (QED) is 0.671. The Morgan fingerprint density at radius 2 is 2.14 bits per heavy atom. The summed E-state index contributed by atoms with van der Waals surface area (Å²) in [6, 6.07) is -0.612. The van der Waals surface area contributed by atoms with Crippen LogP contribution in [0.2, 0.25) is 0 Å². The van der Waals surface area contributed by atoms with Crippen molar-refractivity contribution in [3.8, 4) is 0 Å². The van der Waals surface area contributed by atoms with Crippen molar-refractivity contribution in [2.75, 3.05) is 21.1 Å². The molecule has 0 aromatic rings. The minimum Gasteiger partial charge on any atom is -0.480 e. The van der Waals surface area contributed by atoms with Crippen LogP contribution in [0.4, 0.5) is 0 Å². The molecule has 1 N–H and O–H groups in total. The van der Waals surface area contributed by atoms with Crippen LogP contribution in [0.25, 0.3) is 0 Å². The van der Waals surface area contributed by atoms with Crippen molar-refractivity contribution in [3.05, 3.63) is 11.6 Å². The van der Waals surface area contributed by atoms with Crippen molar-refractivity contribution in [1.82, 2.24) is 4.90 Å². The summed E-state index contributed by atoms with van der Waals surface area (Å²) in [6.45, 7) is 1.97. The molecular weight excluding hydrogens is 180 g/mol. The van der Waals surface area contributed by atoms with E-state index in [-0.39, 0.29) is 0 Å². The second kappa shape index (κ2) is 6.32. The second-order valence-corrected chi connectivity index (χ2v) is 3.20. The molecule has 0 aliphatic carbocycles. The van der Waals surface area contributed by atoms with Gasteiger partial charge in [0.05, 0.1) is 0 Å². The van der Waals surface area contributed by atoms with Crippen LogP contribution in [0, 0.1) is 0 Å². The van der Waals surface area contributed by atoms with E-state index in [2.05, 4.69) is 4.99 Å². The number of aliphatic imine (C=N–C) groups is 1. The maximum Gasteiger partial charge on any atom is 0.325 e. The Bertz CT molecular complexity index is 245. The van der Waals surface area contributed by atoms with Crippen LogP contribution in [0.1, 0.15) is 13.3 Å². The van der Waals surface area contributed by atoms with Gasteiger partial charge in [0, 0.05) is 13.3 Å². The van der Waals surface area contributed by atoms with E-state index in [0.717, 1.165) is 12.0 Å². The number of nitrogens with zero attached hydrogens (tertiary/aromatic N) is 2. The average Bonchev–Trinajstić information content (AvgIpc) is 2.03. The summed E-state index contributed by atoms with van der Waals surface area (Å²) in [7, 11) is 5.12. The summed E-state index contributed by atoms with van der Waals surface area (Å²) in [5, 5.41) is 9.02. The highest BCUT2D eigenvalue weighted by Gasteiger charge is 2.22. The highest BCUT2D eigenvalue weighted by molar-refractivity contribution is 5.91. The Labute approximate surface area is 84.9 Å². The molecule has 1 unspecified atom stereocenters. The van der Waals surface area contributed by atoms with Gasteiger partial charge >= 0.3 is 5.97 Å². The minimum absolute atomic E-state index is 0.612. The summed E-state index contributed by atoms with van der Waals surface area (Å²) in [6.07, 6.45) is 4.28. The predicted octanol–water partition coefficient (Wildman–Crippen LogP) is 1.04. The molecule has 0 aliphatic heterocycles. The lowest BCUT2D eigenvalue weighted by Crippen LogP contribution is -2.37. The van der Waals surface area contributed by atoms with Gasteiger partial charge in [0.25, 0.3) is 0 Å². The van der Waals surface area contributed by atoms with E-state index in [9.17, 15) is 4.79 Å². The van der Waals surface area contributed by atoms with Crippen molar-refractivity contribution in [2.24, 2.45) is 4.99 Å². The fourth-order valence-electron chi connectivity index (χ4n) is 1.28. The number of aliphatic carboxylic acids is 1. The summed E-state index contributed by atoms with van der Waals surface area (Å²) < 4.78 is 0. The molecule has 80 valence electrons. The van der Waals surface area contributed by atoms with Gasteiger partial charge in [-0.1, -0.05) is 13.0 Å². The third-order valence-corrected chi connectivity index (χ3v) is 1.78. The summed E-state index contributed by atoms with van der Waals surface area (Å²) in [4.78, 5) is 16.5. The van der Waals surface area contributed by atoms with Crippen molar-refractivity contribution < 1.29 is 9.90 Å². The molecule has 0 heterocycles. The molecular formula is C10H18N2O2. The lowest BCUT2D eigenvalue weighted by molar-refractivity contribution is -0.140. The van der Waals surface area contributed by atoms with Gasteiger partial charge in [0.15, 0.2) is 0 Å². The van der Waals surface area contributed by atoms with Gasteiger partial charge < -0.3 is 5.11 Å². The predicted molar refractivity (Wildman–Crippen MR) is 57.9 cm³/mol. The number of likely N-dealkylation sites (N-methyl/N-ethyl adjacent to an activating group) is 1. The maximum atomic E-state index is 11.0. The second-order valence-electron chi connectivity index (χ2n) is 3.20. The smallest absolute Gasteiger partial charge is 0.325 e. The summed E-state index contributed by atoms with van der Waals surface area (Å²) in [5.74, 6) is -0.852. The number of carboxylic acid groups (broad SMARTS) is 1. The van der Waals surface area contributed by atoms with Crippen molar-refractivity contribution in [1.29, 1.82) is 0 Å².